The summed E-state index contributed by atoms with van der Waals surface area (Å²) < 4.78 is 45.4. The number of aromatic nitrogens is 1. The van der Waals surface area contributed by atoms with Crippen LogP contribution in [-0.4, -0.2) is 17.6 Å². The third-order valence-corrected chi connectivity index (χ3v) is 5.42. The standard InChI is InChI=1S/C22H22F3N3O/c1-3-21(28-17-7-6-16(13-26)19(11-17)22(23,24)25)9-4-5-15(12-21)18-8-10-27-14-20(18)29-2/h5-8,10-11,14,28H,3-4,9,12H2,1-2H3. The van der Waals surface area contributed by atoms with E-state index in [0.29, 0.717) is 17.9 Å². The summed E-state index contributed by atoms with van der Waals surface area (Å²) in [6.07, 6.45) is 3.89. The number of anilines is 1. The molecule has 0 fully saturated rings. The molecule has 0 radical (unpaired) electrons. The third-order valence-electron chi connectivity index (χ3n) is 5.42. The first-order valence-electron chi connectivity index (χ1n) is 9.39. The van der Waals surface area contributed by atoms with Gasteiger partial charge >= 0.3 is 6.18 Å². The van der Waals surface area contributed by atoms with Crippen molar-refractivity contribution in [3.8, 4) is 11.8 Å². The highest BCUT2D eigenvalue weighted by molar-refractivity contribution is 5.72. The van der Waals surface area contributed by atoms with Gasteiger partial charge in [-0.2, -0.15) is 18.4 Å². The fraction of sp³-hybridized carbons (Fsp3) is 0.364. The molecular formula is C22H22F3N3O. The van der Waals surface area contributed by atoms with Gasteiger partial charge in [0.05, 0.1) is 30.5 Å². The highest BCUT2D eigenvalue weighted by Gasteiger charge is 2.36. The topological polar surface area (TPSA) is 57.9 Å². The highest BCUT2D eigenvalue weighted by atomic mass is 19.4. The fourth-order valence-corrected chi connectivity index (χ4v) is 3.82. The number of pyridine rings is 1. The molecule has 1 aromatic heterocycles. The Hall–Kier alpha value is -3.01. The predicted molar refractivity (Wildman–Crippen MR) is 105 cm³/mol. The van der Waals surface area contributed by atoms with Crippen LogP contribution in [0.5, 0.6) is 5.75 Å². The van der Waals surface area contributed by atoms with E-state index < -0.39 is 17.3 Å². The molecule has 1 atom stereocenters. The number of alkyl halides is 3. The number of nitrogens with zero attached hydrogens (tertiary/aromatic N) is 2. The molecule has 1 aliphatic rings. The van der Waals surface area contributed by atoms with Gasteiger partial charge in [-0.15, -0.1) is 0 Å². The number of methoxy groups -OCH3 is 1. The monoisotopic (exact) mass is 401 g/mol. The van der Waals surface area contributed by atoms with E-state index in [1.54, 1.807) is 25.6 Å². The van der Waals surface area contributed by atoms with Crippen LogP contribution in [0.15, 0.2) is 42.7 Å². The average molecular weight is 401 g/mol. The molecule has 152 valence electrons. The van der Waals surface area contributed by atoms with Gasteiger partial charge in [0, 0.05) is 23.0 Å². The molecule has 0 spiro atoms. The number of hydrogen-bond donors (Lipinski definition) is 1. The summed E-state index contributed by atoms with van der Waals surface area (Å²) >= 11 is 0. The molecule has 0 amide bonds. The molecule has 0 saturated heterocycles. The number of nitrogens with one attached hydrogen (secondary N) is 1. The maximum atomic E-state index is 13.3. The van der Waals surface area contributed by atoms with Crippen molar-refractivity contribution in [1.82, 2.24) is 4.98 Å². The van der Waals surface area contributed by atoms with Crippen molar-refractivity contribution >= 4 is 11.3 Å². The maximum absolute atomic E-state index is 13.3. The van der Waals surface area contributed by atoms with Gasteiger partial charge in [0.25, 0.3) is 0 Å². The lowest BCUT2D eigenvalue weighted by Gasteiger charge is -2.39. The molecule has 0 bridgehead atoms. The zero-order valence-electron chi connectivity index (χ0n) is 16.3. The molecule has 2 aromatic rings. The van der Waals surface area contributed by atoms with E-state index >= 15 is 0 Å². The Bertz CT molecular complexity index is 963. The van der Waals surface area contributed by atoms with E-state index in [-0.39, 0.29) is 5.56 Å². The van der Waals surface area contributed by atoms with Crippen LogP contribution < -0.4 is 10.1 Å². The average Bonchev–Trinajstić information content (AvgIpc) is 2.73. The SMILES string of the molecule is CCC1(Nc2ccc(C#N)c(C(F)(F)F)c2)CCC=C(c2ccncc2OC)C1. The molecule has 0 saturated carbocycles. The van der Waals surface area contributed by atoms with Crippen LogP contribution in [0.1, 0.15) is 49.3 Å². The summed E-state index contributed by atoms with van der Waals surface area (Å²) in [5, 5.41) is 12.3. The Morgan fingerprint density at radius 2 is 2.10 bits per heavy atom. The first kappa shape index (κ1) is 20.7. The summed E-state index contributed by atoms with van der Waals surface area (Å²) in [6, 6.07) is 7.30. The van der Waals surface area contributed by atoms with Crippen molar-refractivity contribution in [2.75, 3.05) is 12.4 Å². The zero-order chi connectivity index (χ0) is 21.1. The molecule has 0 aliphatic heterocycles. The van der Waals surface area contributed by atoms with Gasteiger partial charge in [0.2, 0.25) is 0 Å². The minimum atomic E-state index is -4.58. The summed E-state index contributed by atoms with van der Waals surface area (Å²) in [4.78, 5) is 4.08. The van der Waals surface area contributed by atoms with Gasteiger partial charge < -0.3 is 10.1 Å². The van der Waals surface area contributed by atoms with Crippen molar-refractivity contribution in [1.29, 1.82) is 5.26 Å². The second-order valence-corrected chi connectivity index (χ2v) is 7.15. The minimum absolute atomic E-state index is 0.362. The second-order valence-electron chi connectivity index (χ2n) is 7.15. The summed E-state index contributed by atoms with van der Waals surface area (Å²) in [5.41, 5.74) is 0.696. The lowest BCUT2D eigenvalue weighted by Crippen LogP contribution is -2.39. The summed E-state index contributed by atoms with van der Waals surface area (Å²) in [7, 11) is 1.59. The van der Waals surface area contributed by atoms with Crippen LogP contribution in [0.3, 0.4) is 0 Å². The van der Waals surface area contributed by atoms with Crippen molar-refractivity contribution in [3.05, 3.63) is 59.4 Å². The molecule has 4 nitrogen and oxygen atoms in total. The molecule has 1 N–H and O–H groups in total. The predicted octanol–water partition coefficient (Wildman–Crippen LogP) is 5.81. The van der Waals surface area contributed by atoms with Crippen LogP contribution in [0.25, 0.3) is 5.57 Å². The second kappa shape index (κ2) is 8.16. The Morgan fingerprint density at radius 3 is 2.76 bits per heavy atom. The van der Waals surface area contributed by atoms with E-state index in [1.807, 2.05) is 13.0 Å². The van der Waals surface area contributed by atoms with E-state index in [4.69, 9.17) is 10.00 Å². The quantitative estimate of drug-likeness (QED) is 0.687. The van der Waals surface area contributed by atoms with Crippen molar-refractivity contribution < 1.29 is 17.9 Å². The van der Waals surface area contributed by atoms with Crippen molar-refractivity contribution in [3.63, 3.8) is 0 Å². The van der Waals surface area contributed by atoms with Crippen molar-refractivity contribution in [2.24, 2.45) is 0 Å². The molecule has 1 aliphatic carbocycles. The third kappa shape index (κ3) is 4.37. The smallest absolute Gasteiger partial charge is 0.417 e. The van der Waals surface area contributed by atoms with Gasteiger partial charge in [0.1, 0.15) is 5.75 Å². The van der Waals surface area contributed by atoms with Crippen LogP contribution in [-0.2, 0) is 6.18 Å². The van der Waals surface area contributed by atoms with E-state index in [2.05, 4.69) is 16.4 Å². The first-order valence-corrected chi connectivity index (χ1v) is 9.39. The lowest BCUT2D eigenvalue weighted by molar-refractivity contribution is -0.137. The summed E-state index contributed by atoms with van der Waals surface area (Å²) in [6.45, 7) is 2.02. The van der Waals surface area contributed by atoms with E-state index in [0.717, 1.165) is 36.5 Å². The van der Waals surface area contributed by atoms with Crippen LogP contribution >= 0.6 is 0 Å². The normalized spacial score (nSPS) is 19.2. The van der Waals surface area contributed by atoms with Gasteiger partial charge in [-0.05, 0) is 55.5 Å². The number of halogens is 3. The lowest BCUT2D eigenvalue weighted by atomic mass is 9.77. The largest absolute Gasteiger partial charge is 0.495 e. The van der Waals surface area contributed by atoms with E-state index in [1.165, 1.54) is 12.1 Å². The molecule has 29 heavy (non-hydrogen) atoms. The maximum Gasteiger partial charge on any atom is 0.417 e. The molecule has 7 heteroatoms. The van der Waals surface area contributed by atoms with Crippen LogP contribution in [0.4, 0.5) is 18.9 Å². The van der Waals surface area contributed by atoms with Crippen molar-refractivity contribution in [2.45, 2.75) is 44.3 Å². The Labute approximate surface area is 168 Å². The van der Waals surface area contributed by atoms with E-state index in [9.17, 15) is 13.2 Å². The fourth-order valence-electron chi connectivity index (χ4n) is 3.82. The number of allylic oxidation sites excluding steroid dienone is 1. The Kier molecular flexibility index (Phi) is 5.83. The minimum Gasteiger partial charge on any atom is -0.495 e. The number of nitriles is 1. The Balaban J connectivity index is 1.92. The molecule has 3 rings (SSSR count). The Morgan fingerprint density at radius 1 is 1.31 bits per heavy atom. The molecule has 1 heterocycles. The molecule has 1 unspecified atom stereocenters. The van der Waals surface area contributed by atoms with Crippen LogP contribution in [0, 0.1) is 11.3 Å². The van der Waals surface area contributed by atoms with Gasteiger partial charge in [-0.3, -0.25) is 4.98 Å². The zero-order valence-corrected chi connectivity index (χ0v) is 16.3. The molecular weight excluding hydrogens is 379 g/mol. The van der Waals surface area contributed by atoms with Crippen LogP contribution in [0.2, 0.25) is 0 Å². The van der Waals surface area contributed by atoms with Gasteiger partial charge in [-0.25, -0.2) is 0 Å². The van der Waals surface area contributed by atoms with Gasteiger partial charge in [0.15, 0.2) is 0 Å². The highest BCUT2D eigenvalue weighted by Crippen LogP contribution is 2.41. The number of hydrogen-bond acceptors (Lipinski definition) is 4. The first-order chi connectivity index (χ1) is 13.8. The number of ether oxygens (including phenoxy) is 1. The number of rotatable bonds is 5. The summed E-state index contributed by atoms with van der Waals surface area (Å²) in [5.74, 6) is 0.670. The number of benzene rings is 1. The molecule has 1 aromatic carbocycles. The van der Waals surface area contributed by atoms with Gasteiger partial charge in [-0.1, -0.05) is 13.0 Å².